The minimum atomic E-state index is -0.532. The topological polar surface area (TPSA) is 59.8 Å². The van der Waals surface area contributed by atoms with Gasteiger partial charge in [0.1, 0.15) is 11.4 Å². The molecule has 0 aliphatic heterocycles. The maximum atomic E-state index is 10.7. The Morgan fingerprint density at radius 2 is 1.88 bits per heavy atom. The normalized spacial score (nSPS) is 14.5. The van der Waals surface area contributed by atoms with Crippen molar-refractivity contribution < 1.29 is 14.6 Å². The fourth-order valence-corrected chi connectivity index (χ4v) is 4.17. The minimum absolute atomic E-state index is 0.357. The standard InChI is InChI=1S/C27H34ClN3O3/c1-3-4-16-33-19-23(32)17-31(22-12-13-22)18-25-26(20-8-6-5-7-9-20)29-30(2)27(25)34-24-14-10-21(28)11-15-24/h5-11,14-15,22-23,32H,3-4,12-13,16-19H2,1-2H3/t23-/m1/s1. The van der Waals surface area contributed by atoms with Gasteiger partial charge in [-0.05, 0) is 43.5 Å². The Kier molecular flexibility index (Phi) is 8.62. The molecule has 0 saturated heterocycles. The first-order valence-corrected chi connectivity index (χ1v) is 12.5. The van der Waals surface area contributed by atoms with Crippen LogP contribution >= 0.6 is 11.6 Å². The van der Waals surface area contributed by atoms with E-state index in [1.807, 2.05) is 49.5 Å². The molecule has 0 radical (unpaired) electrons. The fraction of sp³-hybridized carbons (Fsp3) is 0.444. The van der Waals surface area contributed by atoms with Crippen LogP contribution in [-0.2, 0) is 18.3 Å². The lowest BCUT2D eigenvalue weighted by Gasteiger charge is -2.25. The Hall–Kier alpha value is -2.38. The lowest BCUT2D eigenvalue weighted by Crippen LogP contribution is -2.36. The molecule has 4 rings (SSSR count). The first-order valence-electron chi connectivity index (χ1n) is 12.1. The molecule has 182 valence electrons. The highest BCUT2D eigenvalue weighted by atomic mass is 35.5. The SMILES string of the molecule is CCCCOC[C@H](O)CN(Cc1c(-c2ccccc2)nn(C)c1Oc1ccc(Cl)cc1)C1CC1. The second kappa shape index (κ2) is 11.8. The third-order valence-electron chi connectivity index (χ3n) is 5.99. The van der Waals surface area contributed by atoms with E-state index in [2.05, 4.69) is 24.0 Å². The summed E-state index contributed by atoms with van der Waals surface area (Å²) in [5.74, 6) is 1.40. The second-order valence-corrected chi connectivity index (χ2v) is 9.36. The van der Waals surface area contributed by atoms with Crippen molar-refractivity contribution in [1.29, 1.82) is 0 Å². The highest BCUT2D eigenvalue weighted by molar-refractivity contribution is 6.30. The molecule has 3 aromatic rings. The highest BCUT2D eigenvalue weighted by Crippen LogP contribution is 2.37. The molecule has 7 heteroatoms. The largest absolute Gasteiger partial charge is 0.439 e. The van der Waals surface area contributed by atoms with Gasteiger partial charge >= 0.3 is 0 Å². The monoisotopic (exact) mass is 483 g/mol. The van der Waals surface area contributed by atoms with Crippen LogP contribution in [0.3, 0.4) is 0 Å². The van der Waals surface area contributed by atoms with E-state index in [1.54, 1.807) is 4.68 Å². The lowest BCUT2D eigenvalue weighted by atomic mass is 10.1. The molecule has 1 saturated carbocycles. The smallest absolute Gasteiger partial charge is 0.222 e. The Labute approximate surface area is 207 Å². The molecule has 1 heterocycles. The van der Waals surface area contributed by atoms with E-state index in [0.717, 1.165) is 42.5 Å². The van der Waals surface area contributed by atoms with E-state index in [9.17, 15) is 5.11 Å². The van der Waals surface area contributed by atoms with Crippen molar-refractivity contribution >= 4 is 11.6 Å². The number of benzene rings is 2. The number of aryl methyl sites for hydroxylation is 1. The van der Waals surface area contributed by atoms with Crippen LogP contribution in [0, 0.1) is 0 Å². The van der Waals surface area contributed by atoms with Gasteiger partial charge in [0, 0.05) is 43.4 Å². The average Bonchev–Trinajstić information content (AvgIpc) is 3.65. The number of aromatic nitrogens is 2. The zero-order valence-electron chi connectivity index (χ0n) is 20.0. The summed E-state index contributed by atoms with van der Waals surface area (Å²) in [6.45, 7) is 4.38. The molecule has 2 aromatic carbocycles. The Morgan fingerprint density at radius 1 is 1.15 bits per heavy atom. The fourth-order valence-electron chi connectivity index (χ4n) is 4.04. The highest BCUT2D eigenvalue weighted by Gasteiger charge is 2.33. The molecule has 0 amide bonds. The second-order valence-electron chi connectivity index (χ2n) is 8.92. The molecule has 1 atom stereocenters. The van der Waals surface area contributed by atoms with E-state index < -0.39 is 6.10 Å². The van der Waals surface area contributed by atoms with Crippen molar-refractivity contribution in [3.8, 4) is 22.9 Å². The van der Waals surface area contributed by atoms with E-state index >= 15 is 0 Å². The van der Waals surface area contributed by atoms with Crippen LogP contribution in [0.25, 0.3) is 11.3 Å². The van der Waals surface area contributed by atoms with Crippen molar-refractivity contribution in [1.82, 2.24) is 14.7 Å². The number of hydrogen-bond acceptors (Lipinski definition) is 5. The molecular weight excluding hydrogens is 450 g/mol. The minimum Gasteiger partial charge on any atom is -0.439 e. The summed E-state index contributed by atoms with van der Waals surface area (Å²) < 4.78 is 13.8. The molecule has 0 spiro atoms. The summed E-state index contributed by atoms with van der Waals surface area (Å²) in [5, 5.41) is 16.2. The van der Waals surface area contributed by atoms with E-state index in [4.69, 9.17) is 26.2 Å². The van der Waals surface area contributed by atoms with E-state index in [0.29, 0.717) is 49.0 Å². The molecule has 34 heavy (non-hydrogen) atoms. The zero-order valence-corrected chi connectivity index (χ0v) is 20.7. The third-order valence-corrected chi connectivity index (χ3v) is 6.24. The van der Waals surface area contributed by atoms with Gasteiger partial charge < -0.3 is 14.6 Å². The first-order chi connectivity index (χ1) is 16.5. The summed E-state index contributed by atoms with van der Waals surface area (Å²) in [6, 6.07) is 18.0. The first kappa shape index (κ1) is 24.7. The summed E-state index contributed by atoms with van der Waals surface area (Å²) in [4.78, 5) is 2.34. The van der Waals surface area contributed by atoms with Gasteiger partial charge in [0.25, 0.3) is 0 Å². The van der Waals surface area contributed by atoms with Gasteiger partial charge in [0.2, 0.25) is 5.88 Å². The molecule has 0 unspecified atom stereocenters. The van der Waals surface area contributed by atoms with Gasteiger partial charge in [0.05, 0.1) is 18.3 Å². The van der Waals surface area contributed by atoms with Gasteiger partial charge in [-0.15, -0.1) is 0 Å². The van der Waals surface area contributed by atoms with E-state index in [1.165, 1.54) is 0 Å². The predicted octanol–water partition coefficient (Wildman–Crippen LogP) is 5.67. The van der Waals surface area contributed by atoms with Gasteiger partial charge in [-0.3, -0.25) is 4.90 Å². The van der Waals surface area contributed by atoms with Crippen molar-refractivity contribution in [3.63, 3.8) is 0 Å². The number of rotatable bonds is 13. The maximum Gasteiger partial charge on any atom is 0.222 e. The molecular formula is C27H34ClN3O3. The molecule has 1 aliphatic rings. The predicted molar refractivity (Wildman–Crippen MR) is 135 cm³/mol. The van der Waals surface area contributed by atoms with Crippen LogP contribution in [0.4, 0.5) is 0 Å². The van der Waals surface area contributed by atoms with Crippen LogP contribution < -0.4 is 4.74 Å². The van der Waals surface area contributed by atoms with Crippen molar-refractivity contribution in [2.24, 2.45) is 7.05 Å². The zero-order chi connectivity index (χ0) is 23.9. The molecule has 1 aromatic heterocycles. The Morgan fingerprint density at radius 3 is 2.56 bits per heavy atom. The number of unbranched alkanes of at least 4 members (excludes halogenated alkanes) is 1. The van der Waals surface area contributed by atoms with Crippen LogP contribution in [0.1, 0.15) is 38.2 Å². The number of hydrogen-bond donors (Lipinski definition) is 1. The number of ether oxygens (including phenoxy) is 2. The molecule has 1 fully saturated rings. The summed E-state index contributed by atoms with van der Waals surface area (Å²) in [7, 11) is 1.90. The number of halogens is 1. The lowest BCUT2D eigenvalue weighted by molar-refractivity contribution is 0.0127. The van der Waals surface area contributed by atoms with Gasteiger partial charge in [0.15, 0.2) is 0 Å². The number of aliphatic hydroxyl groups is 1. The van der Waals surface area contributed by atoms with Crippen molar-refractivity contribution in [3.05, 3.63) is 65.2 Å². The van der Waals surface area contributed by atoms with Gasteiger partial charge in [-0.1, -0.05) is 55.3 Å². The number of aliphatic hydroxyl groups excluding tert-OH is 1. The average molecular weight is 484 g/mol. The number of nitrogens with zero attached hydrogens (tertiary/aromatic N) is 3. The quantitative estimate of drug-likeness (QED) is 0.317. The van der Waals surface area contributed by atoms with Crippen LogP contribution in [0.15, 0.2) is 54.6 Å². The van der Waals surface area contributed by atoms with Gasteiger partial charge in [-0.25, -0.2) is 4.68 Å². The van der Waals surface area contributed by atoms with Crippen LogP contribution in [0.2, 0.25) is 5.02 Å². The summed E-state index contributed by atoms with van der Waals surface area (Å²) >= 11 is 6.06. The summed E-state index contributed by atoms with van der Waals surface area (Å²) in [6.07, 6.45) is 3.84. The van der Waals surface area contributed by atoms with Gasteiger partial charge in [-0.2, -0.15) is 5.10 Å². The van der Waals surface area contributed by atoms with Crippen molar-refractivity contribution in [2.75, 3.05) is 19.8 Å². The molecule has 1 aliphatic carbocycles. The third kappa shape index (κ3) is 6.60. The summed E-state index contributed by atoms with van der Waals surface area (Å²) in [5.41, 5.74) is 2.94. The molecule has 1 N–H and O–H groups in total. The Balaban J connectivity index is 1.59. The molecule has 6 nitrogen and oxygen atoms in total. The van der Waals surface area contributed by atoms with Crippen LogP contribution in [-0.4, -0.2) is 51.7 Å². The Bertz CT molecular complexity index is 1040. The van der Waals surface area contributed by atoms with Crippen molar-refractivity contribution in [2.45, 2.75) is 51.3 Å². The molecule has 0 bridgehead atoms. The van der Waals surface area contributed by atoms with Crippen LogP contribution in [0.5, 0.6) is 11.6 Å². The van der Waals surface area contributed by atoms with E-state index in [-0.39, 0.29) is 0 Å². The maximum absolute atomic E-state index is 10.7.